The van der Waals surface area contributed by atoms with Crippen molar-refractivity contribution in [1.82, 2.24) is 15.1 Å². The number of hydrogen-bond acceptors (Lipinski definition) is 4. The Morgan fingerprint density at radius 1 is 1.53 bits per heavy atom. The maximum absolute atomic E-state index is 11.5. The molecule has 9 nitrogen and oxygen atoms in total. The average Bonchev–Trinajstić information content (AvgIpc) is 2.75. The summed E-state index contributed by atoms with van der Waals surface area (Å²) in [4.78, 5) is 33.0. The van der Waals surface area contributed by atoms with E-state index in [9.17, 15) is 14.4 Å². The zero-order valence-corrected chi connectivity index (χ0v) is 10.3. The van der Waals surface area contributed by atoms with Crippen LogP contribution >= 0.6 is 0 Å². The zero-order valence-electron chi connectivity index (χ0n) is 10.3. The highest BCUT2D eigenvalue weighted by molar-refractivity contribution is 5.93. The number of nitrogens with two attached hydrogens (primary N) is 1. The number of anilines is 1. The fraction of sp³-hybridized carbons (Fsp3) is 0.400. The fourth-order valence-corrected chi connectivity index (χ4v) is 1.32. The monoisotopic (exact) mass is 269 g/mol. The van der Waals surface area contributed by atoms with E-state index >= 15 is 0 Å². The summed E-state index contributed by atoms with van der Waals surface area (Å²) in [6, 6.07) is -0.576. The van der Waals surface area contributed by atoms with E-state index in [-0.39, 0.29) is 5.82 Å². The van der Waals surface area contributed by atoms with Gasteiger partial charge in [0.2, 0.25) is 5.91 Å². The predicted octanol–water partition coefficient (Wildman–Crippen LogP) is -0.647. The molecule has 19 heavy (non-hydrogen) atoms. The number of carbonyl (C=O) groups is 3. The van der Waals surface area contributed by atoms with E-state index in [0.29, 0.717) is 6.54 Å². The highest BCUT2D eigenvalue weighted by atomic mass is 16.4. The van der Waals surface area contributed by atoms with Crippen LogP contribution in [0.2, 0.25) is 0 Å². The molecule has 104 valence electrons. The molecule has 0 radical (unpaired) electrons. The molecule has 1 rings (SSSR count). The summed E-state index contributed by atoms with van der Waals surface area (Å²) in [5.41, 5.74) is 4.89. The Kier molecular flexibility index (Phi) is 4.86. The van der Waals surface area contributed by atoms with Gasteiger partial charge in [0, 0.05) is 18.8 Å². The van der Waals surface area contributed by atoms with Crippen molar-refractivity contribution in [2.75, 3.05) is 5.32 Å². The van der Waals surface area contributed by atoms with Crippen LogP contribution in [-0.2, 0) is 16.1 Å². The van der Waals surface area contributed by atoms with Gasteiger partial charge in [-0.25, -0.2) is 9.59 Å². The Morgan fingerprint density at radius 3 is 2.68 bits per heavy atom. The Bertz CT molecular complexity index is 484. The molecule has 0 unspecified atom stereocenters. The molecule has 0 bridgehead atoms. The first-order valence-corrected chi connectivity index (χ1v) is 5.54. The van der Waals surface area contributed by atoms with Gasteiger partial charge >= 0.3 is 12.0 Å². The molecule has 9 heteroatoms. The second-order valence-corrected chi connectivity index (χ2v) is 3.72. The summed E-state index contributed by atoms with van der Waals surface area (Å²) in [7, 11) is 0. The summed E-state index contributed by atoms with van der Waals surface area (Å²) in [5, 5.41) is 17.3. The van der Waals surface area contributed by atoms with Crippen LogP contribution in [0.4, 0.5) is 10.6 Å². The number of carbonyl (C=O) groups excluding carboxylic acids is 2. The summed E-state index contributed by atoms with van der Waals surface area (Å²) < 4.78 is 1.59. The lowest BCUT2D eigenvalue weighted by Crippen LogP contribution is -2.45. The van der Waals surface area contributed by atoms with Gasteiger partial charge in [0.05, 0.1) is 6.42 Å². The van der Waals surface area contributed by atoms with Gasteiger partial charge in [-0.05, 0) is 6.92 Å². The Hall–Kier alpha value is -2.58. The van der Waals surface area contributed by atoms with Crippen molar-refractivity contribution in [3.05, 3.63) is 12.3 Å². The molecule has 5 N–H and O–H groups in total. The number of urea groups is 1. The topological polar surface area (TPSA) is 139 Å². The van der Waals surface area contributed by atoms with Crippen molar-refractivity contribution in [1.29, 1.82) is 0 Å². The largest absolute Gasteiger partial charge is 0.480 e. The van der Waals surface area contributed by atoms with Crippen LogP contribution in [0.25, 0.3) is 0 Å². The van der Waals surface area contributed by atoms with Gasteiger partial charge in [-0.2, -0.15) is 5.10 Å². The lowest BCUT2D eigenvalue weighted by Gasteiger charge is -2.12. The maximum atomic E-state index is 11.5. The number of amides is 3. The number of nitrogens with zero attached hydrogens (tertiary/aromatic N) is 2. The molecule has 0 aliphatic carbocycles. The Morgan fingerprint density at radius 2 is 2.21 bits per heavy atom. The van der Waals surface area contributed by atoms with Crippen molar-refractivity contribution < 1.29 is 19.5 Å². The quantitative estimate of drug-likeness (QED) is 0.543. The molecular weight excluding hydrogens is 254 g/mol. The standard InChI is InChI=1S/C10H15N5O4/c1-2-15-4-3-8(14-15)13-10(19)12-6(9(17)18)5-7(11)16/h3-4,6H,2,5H2,1H3,(H2,11,16)(H,17,18)(H2,12,13,14,19)/t6-/m0/s1. The Labute approximate surface area is 108 Å². The van der Waals surface area contributed by atoms with E-state index in [1.807, 2.05) is 6.92 Å². The minimum atomic E-state index is -1.37. The number of hydrogen-bond donors (Lipinski definition) is 4. The number of primary amides is 1. The van der Waals surface area contributed by atoms with E-state index in [4.69, 9.17) is 10.8 Å². The van der Waals surface area contributed by atoms with Crippen LogP contribution < -0.4 is 16.4 Å². The molecular formula is C10H15N5O4. The van der Waals surface area contributed by atoms with Crippen molar-refractivity contribution in [3.8, 4) is 0 Å². The van der Waals surface area contributed by atoms with Crippen LogP contribution in [0.3, 0.4) is 0 Å². The summed E-state index contributed by atoms with van der Waals surface area (Å²) >= 11 is 0. The molecule has 0 aromatic carbocycles. The third kappa shape index (κ3) is 4.66. The lowest BCUT2D eigenvalue weighted by molar-refractivity contribution is -0.140. The molecule has 0 aliphatic rings. The SMILES string of the molecule is CCn1ccc(NC(=O)N[C@@H](CC(N)=O)C(=O)O)n1. The van der Waals surface area contributed by atoms with Gasteiger partial charge in [0.1, 0.15) is 6.04 Å². The van der Waals surface area contributed by atoms with Gasteiger partial charge in [0.25, 0.3) is 0 Å². The maximum Gasteiger partial charge on any atom is 0.326 e. The molecule has 0 spiro atoms. The van der Waals surface area contributed by atoms with Crippen LogP contribution in [0.15, 0.2) is 12.3 Å². The van der Waals surface area contributed by atoms with Crippen LogP contribution in [0.1, 0.15) is 13.3 Å². The highest BCUT2D eigenvalue weighted by Crippen LogP contribution is 2.02. The van der Waals surface area contributed by atoms with Crippen LogP contribution in [-0.4, -0.2) is 38.8 Å². The summed E-state index contributed by atoms with van der Waals surface area (Å²) in [5.74, 6) is -1.88. The van der Waals surface area contributed by atoms with E-state index in [2.05, 4.69) is 15.7 Å². The molecule has 0 saturated heterocycles. The summed E-state index contributed by atoms with van der Waals surface area (Å²) in [6.07, 6.45) is 1.18. The number of aromatic nitrogens is 2. The minimum Gasteiger partial charge on any atom is -0.480 e. The molecule has 0 saturated carbocycles. The fourth-order valence-electron chi connectivity index (χ4n) is 1.32. The first-order chi connectivity index (χ1) is 8.92. The number of carboxylic acids is 1. The molecule has 0 fully saturated rings. The van der Waals surface area contributed by atoms with Gasteiger partial charge in [0.15, 0.2) is 5.82 Å². The number of nitrogens with one attached hydrogen (secondary N) is 2. The van der Waals surface area contributed by atoms with Gasteiger partial charge in [-0.15, -0.1) is 0 Å². The van der Waals surface area contributed by atoms with E-state index in [1.54, 1.807) is 16.9 Å². The molecule has 3 amide bonds. The van der Waals surface area contributed by atoms with Crippen molar-refractivity contribution >= 4 is 23.7 Å². The van der Waals surface area contributed by atoms with E-state index < -0.39 is 30.4 Å². The molecule has 1 aromatic rings. The van der Waals surface area contributed by atoms with E-state index in [0.717, 1.165) is 0 Å². The second-order valence-electron chi connectivity index (χ2n) is 3.72. The van der Waals surface area contributed by atoms with Crippen molar-refractivity contribution in [2.24, 2.45) is 5.73 Å². The number of aryl methyl sites for hydroxylation is 1. The minimum absolute atomic E-state index is 0.280. The van der Waals surface area contributed by atoms with Crippen molar-refractivity contribution in [3.63, 3.8) is 0 Å². The van der Waals surface area contributed by atoms with Gasteiger partial charge in [-0.1, -0.05) is 0 Å². The second kappa shape index (κ2) is 6.38. The number of carboxylic acid groups (broad SMARTS) is 1. The first-order valence-electron chi connectivity index (χ1n) is 5.54. The third-order valence-corrected chi connectivity index (χ3v) is 2.21. The predicted molar refractivity (Wildman–Crippen MR) is 65.3 cm³/mol. The number of aliphatic carboxylic acids is 1. The van der Waals surface area contributed by atoms with Crippen LogP contribution in [0.5, 0.6) is 0 Å². The first kappa shape index (κ1) is 14.5. The number of rotatable bonds is 6. The van der Waals surface area contributed by atoms with E-state index in [1.165, 1.54) is 0 Å². The Balaban J connectivity index is 2.57. The molecule has 1 heterocycles. The third-order valence-electron chi connectivity index (χ3n) is 2.21. The molecule has 1 aromatic heterocycles. The lowest BCUT2D eigenvalue weighted by atomic mass is 10.2. The van der Waals surface area contributed by atoms with Crippen molar-refractivity contribution in [2.45, 2.75) is 25.9 Å². The zero-order chi connectivity index (χ0) is 14.4. The molecule has 1 atom stereocenters. The highest BCUT2D eigenvalue weighted by Gasteiger charge is 2.22. The molecule has 0 aliphatic heterocycles. The summed E-state index contributed by atoms with van der Waals surface area (Å²) in [6.45, 7) is 2.52. The smallest absolute Gasteiger partial charge is 0.326 e. The van der Waals surface area contributed by atoms with Gasteiger partial charge in [-0.3, -0.25) is 14.8 Å². The average molecular weight is 269 g/mol. The normalized spacial score (nSPS) is 11.6. The van der Waals surface area contributed by atoms with Gasteiger partial charge < -0.3 is 16.2 Å². The van der Waals surface area contributed by atoms with Crippen LogP contribution in [0, 0.1) is 0 Å².